The van der Waals surface area contributed by atoms with Crippen LogP contribution in [-0.4, -0.2) is 45.0 Å². The molecular formula is C22H21N3O4. The van der Waals surface area contributed by atoms with Gasteiger partial charge in [0.05, 0.1) is 12.2 Å². The van der Waals surface area contributed by atoms with Crippen molar-refractivity contribution in [2.75, 3.05) is 13.1 Å². The summed E-state index contributed by atoms with van der Waals surface area (Å²) in [6, 6.07) is 17.4. The fourth-order valence-electron chi connectivity index (χ4n) is 2.75. The molecule has 0 saturated heterocycles. The highest BCUT2D eigenvalue weighted by Crippen LogP contribution is 2.13. The van der Waals surface area contributed by atoms with Gasteiger partial charge in [0.2, 0.25) is 0 Å². The van der Waals surface area contributed by atoms with Crippen molar-refractivity contribution < 1.29 is 19.8 Å². The maximum atomic E-state index is 12.9. The number of aromatic hydroxyl groups is 2. The summed E-state index contributed by atoms with van der Waals surface area (Å²) < 4.78 is 0. The maximum Gasteiger partial charge on any atom is 0.254 e. The number of amides is 2. The third-order valence-electron chi connectivity index (χ3n) is 4.28. The van der Waals surface area contributed by atoms with Gasteiger partial charge in [0, 0.05) is 30.4 Å². The van der Waals surface area contributed by atoms with Crippen LogP contribution in [-0.2, 0) is 6.54 Å². The van der Waals surface area contributed by atoms with Crippen LogP contribution in [0.15, 0.2) is 72.9 Å². The van der Waals surface area contributed by atoms with E-state index in [2.05, 4.69) is 10.3 Å². The SMILES string of the molecule is O=C(NCCN(Cc1ccccn1)C(=O)c1ccc(O)cc1)c1ccc(O)cc1. The topological polar surface area (TPSA) is 103 Å². The van der Waals surface area contributed by atoms with Crippen LogP contribution in [0.4, 0.5) is 0 Å². The summed E-state index contributed by atoms with van der Waals surface area (Å²) >= 11 is 0. The lowest BCUT2D eigenvalue weighted by atomic mass is 10.1. The van der Waals surface area contributed by atoms with Crippen molar-refractivity contribution in [3.05, 3.63) is 89.7 Å². The van der Waals surface area contributed by atoms with Crippen molar-refractivity contribution in [3.63, 3.8) is 0 Å². The van der Waals surface area contributed by atoms with Crippen molar-refractivity contribution in [2.45, 2.75) is 6.54 Å². The number of rotatable bonds is 7. The number of nitrogens with one attached hydrogen (secondary N) is 1. The third-order valence-corrected chi connectivity index (χ3v) is 4.28. The minimum atomic E-state index is -0.292. The van der Waals surface area contributed by atoms with Crippen LogP contribution in [0, 0.1) is 0 Å². The molecule has 0 aliphatic carbocycles. The molecule has 2 amide bonds. The van der Waals surface area contributed by atoms with E-state index < -0.39 is 0 Å². The Bertz CT molecular complexity index is 958. The summed E-state index contributed by atoms with van der Waals surface area (Å²) in [7, 11) is 0. The smallest absolute Gasteiger partial charge is 0.254 e. The largest absolute Gasteiger partial charge is 0.508 e. The molecule has 0 unspecified atom stereocenters. The lowest BCUT2D eigenvalue weighted by Crippen LogP contribution is -2.38. The number of nitrogens with zero attached hydrogens (tertiary/aromatic N) is 2. The standard InChI is InChI=1S/C22H21N3O4/c26-19-8-4-16(5-9-19)21(28)24-13-14-25(15-18-3-1-2-12-23-18)22(29)17-6-10-20(27)11-7-17/h1-12,26-27H,13-15H2,(H,24,28). The molecule has 3 N–H and O–H groups in total. The fourth-order valence-corrected chi connectivity index (χ4v) is 2.75. The first-order valence-corrected chi connectivity index (χ1v) is 9.08. The Morgan fingerprint density at radius 3 is 2.07 bits per heavy atom. The van der Waals surface area contributed by atoms with E-state index in [0.717, 1.165) is 5.69 Å². The molecule has 0 aliphatic heterocycles. The molecule has 148 valence electrons. The summed E-state index contributed by atoms with van der Waals surface area (Å²) in [4.78, 5) is 31.0. The molecule has 0 saturated carbocycles. The van der Waals surface area contributed by atoms with Crippen LogP contribution in [0.5, 0.6) is 11.5 Å². The Morgan fingerprint density at radius 2 is 1.48 bits per heavy atom. The molecule has 0 fully saturated rings. The summed E-state index contributed by atoms with van der Waals surface area (Å²) in [5.41, 5.74) is 1.58. The molecule has 3 aromatic rings. The van der Waals surface area contributed by atoms with E-state index in [4.69, 9.17) is 0 Å². The number of benzene rings is 2. The van der Waals surface area contributed by atoms with Gasteiger partial charge in [-0.2, -0.15) is 0 Å². The molecular weight excluding hydrogens is 370 g/mol. The average molecular weight is 391 g/mol. The highest BCUT2D eigenvalue weighted by atomic mass is 16.3. The Hall–Kier alpha value is -3.87. The summed E-state index contributed by atoms with van der Waals surface area (Å²) in [5.74, 6) is -0.351. The third kappa shape index (κ3) is 5.55. The van der Waals surface area contributed by atoms with Gasteiger partial charge in [-0.05, 0) is 60.7 Å². The van der Waals surface area contributed by atoms with Crippen LogP contribution in [0.2, 0.25) is 0 Å². The number of aromatic nitrogens is 1. The first kappa shape index (κ1) is 19.9. The number of phenols is 2. The first-order chi connectivity index (χ1) is 14.0. The van der Waals surface area contributed by atoms with Crippen LogP contribution in [0.1, 0.15) is 26.4 Å². The highest BCUT2D eigenvalue weighted by molar-refractivity contribution is 5.95. The maximum absolute atomic E-state index is 12.9. The second-order valence-corrected chi connectivity index (χ2v) is 6.40. The number of carbonyl (C=O) groups is 2. The van der Waals surface area contributed by atoms with Crippen molar-refractivity contribution in [1.29, 1.82) is 0 Å². The van der Waals surface area contributed by atoms with E-state index in [-0.39, 0.29) is 42.9 Å². The van der Waals surface area contributed by atoms with Crippen molar-refractivity contribution in [3.8, 4) is 11.5 Å². The molecule has 0 bridgehead atoms. The van der Waals surface area contributed by atoms with Gasteiger partial charge in [0.25, 0.3) is 11.8 Å². The van der Waals surface area contributed by atoms with Gasteiger partial charge in [-0.1, -0.05) is 6.07 Å². The number of phenolic OH excluding ortho intramolecular Hbond substituents is 2. The zero-order valence-electron chi connectivity index (χ0n) is 15.7. The van der Waals surface area contributed by atoms with Gasteiger partial charge >= 0.3 is 0 Å². The van der Waals surface area contributed by atoms with E-state index in [0.29, 0.717) is 11.1 Å². The number of hydrogen-bond donors (Lipinski definition) is 3. The lowest BCUT2D eigenvalue weighted by Gasteiger charge is -2.23. The number of carbonyl (C=O) groups excluding carboxylic acids is 2. The summed E-state index contributed by atoms with van der Waals surface area (Å²) in [6.45, 7) is 0.812. The summed E-state index contributed by atoms with van der Waals surface area (Å²) in [5, 5.41) is 21.5. The molecule has 0 radical (unpaired) electrons. The summed E-state index contributed by atoms with van der Waals surface area (Å²) in [6.07, 6.45) is 1.66. The monoisotopic (exact) mass is 391 g/mol. The van der Waals surface area contributed by atoms with Gasteiger partial charge in [-0.3, -0.25) is 14.6 Å². The number of hydrogen-bond acceptors (Lipinski definition) is 5. The minimum Gasteiger partial charge on any atom is -0.508 e. The second kappa shape index (κ2) is 9.36. The van der Waals surface area contributed by atoms with Crippen molar-refractivity contribution in [2.24, 2.45) is 0 Å². The molecule has 0 spiro atoms. The van der Waals surface area contributed by atoms with Crippen LogP contribution in [0.3, 0.4) is 0 Å². The van der Waals surface area contributed by atoms with Crippen molar-refractivity contribution in [1.82, 2.24) is 15.2 Å². The molecule has 1 aromatic heterocycles. The Kier molecular flexibility index (Phi) is 6.42. The zero-order valence-corrected chi connectivity index (χ0v) is 15.7. The van der Waals surface area contributed by atoms with Crippen molar-refractivity contribution >= 4 is 11.8 Å². The van der Waals surface area contributed by atoms with Gasteiger partial charge in [0.15, 0.2) is 0 Å². The molecule has 29 heavy (non-hydrogen) atoms. The van der Waals surface area contributed by atoms with E-state index >= 15 is 0 Å². The molecule has 7 heteroatoms. The quantitative estimate of drug-likeness (QED) is 0.574. The molecule has 2 aromatic carbocycles. The van der Waals surface area contributed by atoms with Crippen LogP contribution < -0.4 is 5.32 Å². The zero-order chi connectivity index (χ0) is 20.6. The van der Waals surface area contributed by atoms with E-state index in [1.807, 2.05) is 12.1 Å². The fraction of sp³-hybridized carbons (Fsp3) is 0.136. The average Bonchev–Trinajstić information content (AvgIpc) is 2.74. The minimum absolute atomic E-state index is 0.0824. The highest BCUT2D eigenvalue weighted by Gasteiger charge is 2.17. The van der Waals surface area contributed by atoms with Gasteiger partial charge < -0.3 is 20.4 Å². The lowest BCUT2D eigenvalue weighted by molar-refractivity contribution is 0.0734. The van der Waals surface area contributed by atoms with Gasteiger partial charge in [0.1, 0.15) is 11.5 Å². The predicted octanol–water partition coefficient (Wildman–Crippen LogP) is 2.57. The molecule has 1 heterocycles. The predicted molar refractivity (Wildman–Crippen MR) is 108 cm³/mol. The molecule has 0 atom stereocenters. The van der Waals surface area contributed by atoms with Gasteiger partial charge in [-0.15, -0.1) is 0 Å². The molecule has 3 rings (SSSR count). The van der Waals surface area contributed by atoms with Gasteiger partial charge in [-0.25, -0.2) is 0 Å². The van der Waals surface area contributed by atoms with E-state index in [9.17, 15) is 19.8 Å². The second-order valence-electron chi connectivity index (χ2n) is 6.40. The Morgan fingerprint density at radius 1 is 0.862 bits per heavy atom. The first-order valence-electron chi connectivity index (χ1n) is 9.08. The van der Waals surface area contributed by atoms with E-state index in [1.165, 1.54) is 36.4 Å². The molecule has 7 nitrogen and oxygen atoms in total. The Labute approximate surface area is 168 Å². The van der Waals surface area contributed by atoms with Crippen LogP contribution in [0.25, 0.3) is 0 Å². The Balaban J connectivity index is 1.67. The van der Waals surface area contributed by atoms with Crippen LogP contribution >= 0.6 is 0 Å². The molecule has 0 aliphatic rings. The normalized spacial score (nSPS) is 10.3. The van der Waals surface area contributed by atoms with E-state index in [1.54, 1.807) is 29.3 Å². The number of pyridine rings is 1.